The Kier molecular flexibility index (Phi) is 3.09. The van der Waals surface area contributed by atoms with Gasteiger partial charge in [0.25, 0.3) is 0 Å². The van der Waals surface area contributed by atoms with Gasteiger partial charge in [-0.3, -0.25) is 4.68 Å². The van der Waals surface area contributed by atoms with Crippen LogP contribution in [0.25, 0.3) is 10.9 Å². The van der Waals surface area contributed by atoms with Crippen LogP contribution in [-0.4, -0.2) is 14.3 Å². The van der Waals surface area contributed by atoms with Crippen LogP contribution >= 0.6 is 0 Å². The van der Waals surface area contributed by atoms with Gasteiger partial charge in [0, 0.05) is 30.9 Å². The Morgan fingerprint density at radius 1 is 1.21 bits per heavy atom. The van der Waals surface area contributed by atoms with Crippen LogP contribution in [0.15, 0.2) is 42.7 Å². The molecular weight excluding hydrogens is 236 g/mol. The molecule has 2 heterocycles. The van der Waals surface area contributed by atoms with E-state index in [0.29, 0.717) is 6.54 Å². The Hall–Kier alpha value is -2.07. The molecule has 0 saturated heterocycles. The molecule has 0 unspecified atom stereocenters. The van der Waals surface area contributed by atoms with Crippen molar-refractivity contribution in [3.8, 4) is 0 Å². The number of rotatable bonds is 4. The first-order valence-corrected chi connectivity index (χ1v) is 6.61. The molecule has 0 bridgehead atoms. The van der Waals surface area contributed by atoms with Gasteiger partial charge in [-0.05, 0) is 24.6 Å². The molecule has 3 aromatic rings. The SMILES string of the molecule is CCn1nc(Cn2ccc(CN)c2)c2ccccc21. The second-order valence-corrected chi connectivity index (χ2v) is 4.68. The van der Waals surface area contributed by atoms with Crippen LogP contribution < -0.4 is 5.73 Å². The van der Waals surface area contributed by atoms with Crippen molar-refractivity contribution in [2.45, 2.75) is 26.6 Å². The molecule has 1 aromatic carbocycles. The Morgan fingerprint density at radius 3 is 2.79 bits per heavy atom. The fourth-order valence-electron chi connectivity index (χ4n) is 2.44. The molecule has 0 amide bonds. The van der Waals surface area contributed by atoms with E-state index in [1.165, 1.54) is 10.9 Å². The zero-order valence-corrected chi connectivity index (χ0v) is 11.1. The Balaban J connectivity index is 2.00. The topological polar surface area (TPSA) is 48.8 Å². The summed E-state index contributed by atoms with van der Waals surface area (Å²) < 4.78 is 4.19. The molecule has 3 rings (SSSR count). The summed E-state index contributed by atoms with van der Waals surface area (Å²) >= 11 is 0. The highest BCUT2D eigenvalue weighted by Crippen LogP contribution is 2.19. The molecule has 0 aliphatic rings. The van der Waals surface area contributed by atoms with Crippen LogP contribution in [0.4, 0.5) is 0 Å². The Bertz CT molecular complexity index is 693. The fourth-order valence-corrected chi connectivity index (χ4v) is 2.44. The smallest absolute Gasteiger partial charge is 0.0900 e. The van der Waals surface area contributed by atoms with Gasteiger partial charge in [-0.25, -0.2) is 0 Å². The van der Waals surface area contributed by atoms with Crippen molar-refractivity contribution in [1.82, 2.24) is 14.3 Å². The highest BCUT2D eigenvalue weighted by atomic mass is 15.3. The van der Waals surface area contributed by atoms with Crippen molar-refractivity contribution >= 4 is 10.9 Å². The molecule has 0 saturated carbocycles. The first-order valence-electron chi connectivity index (χ1n) is 6.61. The molecule has 0 aliphatic carbocycles. The number of para-hydroxylation sites is 1. The largest absolute Gasteiger partial charge is 0.348 e. The highest BCUT2D eigenvalue weighted by Gasteiger charge is 2.09. The first-order chi connectivity index (χ1) is 9.31. The van der Waals surface area contributed by atoms with E-state index in [-0.39, 0.29) is 0 Å². The van der Waals surface area contributed by atoms with Crippen LogP contribution in [-0.2, 0) is 19.6 Å². The van der Waals surface area contributed by atoms with E-state index in [2.05, 4.69) is 58.9 Å². The van der Waals surface area contributed by atoms with Gasteiger partial charge in [0.1, 0.15) is 0 Å². The van der Waals surface area contributed by atoms with E-state index < -0.39 is 0 Å². The second-order valence-electron chi connectivity index (χ2n) is 4.68. The van der Waals surface area contributed by atoms with E-state index in [0.717, 1.165) is 24.3 Å². The van der Waals surface area contributed by atoms with Crippen molar-refractivity contribution in [2.75, 3.05) is 0 Å². The number of aryl methyl sites for hydroxylation is 1. The van der Waals surface area contributed by atoms with E-state index in [1.54, 1.807) is 0 Å². The van der Waals surface area contributed by atoms with Crippen molar-refractivity contribution in [3.05, 3.63) is 54.0 Å². The summed E-state index contributed by atoms with van der Waals surface area (Å²) in [6.45, 7) is 4.37. The lowest BCUT2D eigenvalue weighted by Crippen LogP contribution is -2.01. The van der Waals surface area contributed by atoms with E-state index >= 15 is 0 Å². The maximum absolute atomic E-state index is 5.64. The summed E-state index contributed by atoms with van der Waals surface area (Å²) in [5.74, 6) is 0. The predicted molar refractivity (Wildman–Crippen MR) is 76.8 cm³/mol. The molecule has 2 N–H and O–H groups in total. The minimum atomic E-state index is 0.581. The van der Waals surface area contributed by atoms with E-state index in [9.17, 15) is 0 Å². The van der Waals surface area contributed by atoms with Crippen LogP contribution in [0.5, 0.6) is 0 Å². The molecule has 0 atom stereocenters. The molecule has 98 valence electrons. The molecule has 0 fully saturated rings. The van der Waals surface area contributed by atoms with Crippen LogP contribution in [0, 0.1) is 0 Å². The van der Waals surface area contributed by atoms with Gasteiger partial charge in [-0.1, -0.05) is 18.2 Å². The van der Waals surface area contributed by atoms with Gasteiger partial charge in [0.2, 0.25) is 0 Å². The fraction of sp³-hybridized carbons (Fsp3) is 0.267. The van der Waals surface area contributed by atoms with Gasteiger partial charge in [-0.15, -0.1) is 0 Å². The van der Waals surface area contributed by atoms with E-state index in [4.69, 9.17) is 10.8 Å². The standard InChI is InChI=1S/C15H18N4/c1-2-19-15-6-4-3-5-13(15)14(17-19)11-18-8-7-12(9-16)10-18/h3-8,10H,2,9,11,16H2,1H3. The number of fused-ring (bicyclic) bond motifs is 1. The normalized spacial score (nSPS) is 11.3. The number of benzene rings is 1. The monoisotopic (exact) mass is 254 g/mol. The molecule has 4 heteroatoms. The number of hydrogen-bond donors (Lipinski definition) is 1. The molecule has 19 heavy (non-hydrogen) atoms. The lowest BCUT2D eigenvalue weighted by molar-refractivity contribution is 0.654. The number of nitrogens with two attached hydrogens (primary N) is 1. The van der Waals surface area contributed by atoms with Crippen molar-refractivity contribution in [2.24, 2.45) is 5.73 Å². The Morgan fingerprint density at radius 2 is 2.05 bits per heavy atom. The third kappa shape index (κ3) is 2.15. The summed E-state index contributed by atoms with van der Waals surface area (Å²) in [5, 5.41) is 5.93. The quantitative estimate of drug-likeness (QED) is 0.777. The summed E-state index contributed by atoms with van der Waals surface area (Å²) in [5.41, 5.74) is 9.10. The molecule has 0 aliphatic heterocycles. The average molecular weight is 254 g/mol. The summed E-state index contributed by atoms with van der Waals surface area (Å²) in [6.07, 6.45) is 4.14. The minimum Gasteiger partial charge on any atom is -0.348 e. The lowest BCUT2D eigenvalue weighted by Gasteiger charge is -2.00. The second kappa shape index (κ2) is 4.90. The summed E-state index contributed by atoms with van der Waals surface area (Å²) in [7, 11) is 0. The van der Waals surface area contributed by atoms with Gasteiger partial charge in [0.05, 0.1) is 17.8 Å². The number of aromatic nitrogens is 3. The summed E-state index contributed by atoms with van der Waals surface area (Å²) in [6, 6.07) is 10.4. The Labute approximate surface area is 112 Å². The van der Waals surface area contributed by atoms with Crippen LogP contribution in [0.1, 0.15) is 18.2 Å². The first kappa shape index (κ1) is 12.0. The van der Waals surface area contributed by atoms with Gasteiger partial charge >= 0.3 is 0 Å². The average Bonchev–Trinajstić information content (AvgIpc) is 3.04. The maximum Gasteiger partial charge on any atom is 0.0900 e. The third-order valence-corrected chi connectivity index (χ3v) is 3.41. The number of hydrogen-bond acceptors (Lipinski definition) is 2. The zero-order valence-electron chi connectivity index (χ0n) is 11.1. The number of nitrogens with zero attached hydrogens (tertiary/aromatic N) is 3. The van der Waals surface area contributed by atoms with Crippen molar-refractivity contribution in [3.63, 3.8) is 0 Å². The van der Waals surface area contributed by atoms with Gasteiger partial charge in [0.15, 0.2) is 0 Å². The van der Waals surface area contributed by atoms with Crippen LogP contribution in [0.2, 0.25) is 0 Å². The summed E-state index contributed by atoms with van der Waals surface area (Å²) in [4.78, 5) is 0. The van der Waals surface area contributed by atoms with Crippen molar-refractivity contribution in [1.29, 1.82) is 0 Å². The van der Waals surface area contributed by atoms with Gasteiger partial charge < -0.3 is 10.3 Å². The highest BCUT2D eigenvalue weighted by molar-refractivity contribution is 5.81. The van der Waals surface area contributed by atoms with Crippen LogP contribution in [0.3, 0.4) is 0 Å². The molecule has 0 spiro atoms. The molecular formula is C15H18N4. The maximum atomic E-state index is 5.64. The van der Waals surface area contributed by atoms with Crippen molar-refractivity contribution < 1.29 is 0 Å². The molecule has 4 nitrogen and oxygen atoms in total. The molecule has 0 radical (unpaired) electrons. The predicted octanol–water partition coefficient (Wildman–Crippen LogP) is 2.36. The van der Waals surface area contributed by atoms with Gasteiger partial charge in [-0.2, -0.15) is 5.10 Å². The lowest BCUT2D eigenvalue weighted by atomic mass is 10.2. The molecule has 2 aromatic heterocycles. The zero-order chi connectivity index (χ0) is 13.2. The third-order valence-electron chi connectivity index (χ3n) is 3.41. The van der Waals surface area contributed by atoms with E-state index in [1.807, 2.05) is 0 Å². The minimum absolute atomic E-state index is 0.581.